The highest BCUT2D eigenvalue weighted by Crippen LogP contribution is 2.20. The van der Waals surface area contributed by atoms with E-state index in [0.29, 0.717) is 6.10 Å². The first-order valence-electron chi connectivity index (χ1n) is 5.48. The lowest BCUT2D eigenvalue weighted by Gasteiger charge is -2.22. The predicted molar refractivity (Wildman–Crippen MR) is 66.3 cm³/mol. The van der Waals surface area contributed by atoms with Crippen molar-refractivity contribution in [3.05, 3.63) is 30.3 Å². The van der Waals surface area contributed by atoms with E-state index in [1.54, 1.807) is 14.2 Å². The van der Waals surface area contributed by atoms with Gasteiger partial charge in [0.15, 0.2) is 0 Å². The molecule has 0 radical (unpaired) electrons. The van der Waals surface area contributed by atoms with Crippen molar-refractivity contribution in [3.8, 4) is 5.75 Å². The smallest absolute Gasteiger partial charge is 0.290 e. The largest absolute Gasteiger partial charge is 0.497 e. The Kier molecular flexibility index (Phi) is 9.95. The molecule has 4 heteroatoms. The second-order valence-electron chi connectivity index (χ2n) is 3.41. The quantitative estimate of drug-likeness (QED) is 0.807. The molecule has 0 aromatic heterocycles. The number of ether oxygens (including phenoxy) is 2. The van der Waals surface area contributed by atoms with Crippen LogP contribution < -0.4 is 4.74 Å². The summed E-state index contributed by atoms with van der Waals surface area (Å²) in [6.07, 6.45) is 4.57. The number of hydrogen-bond donors (Lipinski definition) is 1. The van der Waals surface area contributed by atoms with Gasteiger partial charge >= 0.3 is 0 Å². The number of methoxy groups -OCH3 is 2. The summed E-state index contributed by atoms with van der Waals surface area (Å²) in [6, 6.07) is 9.68. The molecule has 0 bridgehead atoms. The zero-order valence-corrected chi connectivity index (χ0v) is 10.3. The van der Waals surface area contributed by atoms with Gasteiger partial charge in [0.2, 0.25) is 0 Å². The van der Waals surface area contributed by atoms with E-state index in [1.807, 2.05) is 30.3 Å². The van der Waals surface area contributed by atoms with Crippen LogP contribution in [0.2, 0.25) is 0 Å². The van der Waals surface area contributed by atoms with E-state index in [2.05, 4.69) is 0 Å². The molecule has 17 heavy (non-hydrogen) atoms. The topological polar surface area (TPSA) is 55.8 Å². The van der Waals surface area contributed by atoms with E-state index in [1.165, 1.54) is 19.3 Å². The van der Waals surface area contributed by atoms with Gasteiger partial charge in [0.05, 0.1) is 13.2 Å². The van der Waals surface area contributed by atoms with Gasteiger partial charge in [-0.05, 0) is 31.4 Å². The summed E-state index contributed by atoms with van der Waals surface area (Å²) in [5, 5.41) is 6.89. The zero-order chi connectivity index (χ0) is 12.9. The third-order valence-corrected chi connectivity index (χ3v) is 2.36. The summed E-state index contributed by atoms with van der Waals surface area (Å²) in [6.45, 7) is -0.250. The molecule has 0 heterocycles. The second-order valence-corrected chi connectivity index (χ2v) is 3.41. The molecule has 1 aliphatic carbocycles. The van der Waals surface area contributed by atoms with Crippen LogP contribution in [-0.4, -0.2) is 31.9 Å². The van der Waals surface area contributed by atoms with Crippen molar-refractivity contribution in [2.24, 2.45) is 0 Å². The summed E-state index contributed by atoms with van der Waals surface area (Å²) in [4.78, 5) is 8.36. The molecular formula is C13H20O4. The van der Waals surface area contributed by atoms with Gasteiger partial charge in [0.25, 0.3) is 6.47 Å². The summed E-state index contributed by atoms with van der Waals surface area (Å²) in [5.74, 6) is 0.910. The van der Waals surface area contributed by atoms with Crippen LogP contribution >= 0.6 is 0 Å². The summed E-state index contributed by atoms with van der Waals surface area (Å²) >= 11 is 0. The van der Waals surface area contributed by atoms with Gasteiger partial charge in [-0.2, -0.15) is 0 Å². The van der Waals surface area contributed by atoms with Crippen molar-refractivity contribution in [2.45, 2.75) is 25.4 Å². The highest BCUT2D eigenvalue weighted by Gasteiger charge is 2.14. The zero-order valence-electron chi connectivity index (χ0n) is 10.3. The molecule has 1 saturated carbocycles. The van der Waals surface area contributed by atoms with Crippen LogP contribution in [0.5, 0.6) is 5.75 Å². The average molecular weight is 240 g/mol. The first kappa shape index (κ1) is 15.4. The van der Waals surface area contributed by atoms with Gasteiger partial charge in [-0.25, -0.2) is 0 Å². The van der Waals surface area contributed by atoms with Crippen LogP contribution in [0.1, 0.15) is 19.3 Å². The SMILES string of the molecule is COC1CCC1.COc1ccccc1.O=CO. The Morgan fingerprint density at radius 3 is 1.94 bits per heavy atom. The fourth-order valence-electron chi connectivity index (χ4n) is 1.16. The van der Waals surface area contributed by atoms with E-state index in [9.17, 15) is 0 Å². The molecule has 1 N–H and O–H groups in total. The van der Waals surface area contributed by atoms with Crippen LogP contribution in [0.3, 0.4) is 0 Å². The fourth-order valence-corrected chi connectivity index (χ4v) is 1.16. The van der Waals surface area contributed by atoms with Crippen LogP contribution in [0, 0.1) is 0 Å². The summed E-state index contributed by atoms with van der Waals surface area (Å²) in [7, 11) is 3.44. The molecule has 0 saturated heterocycles. The maximum absolute atomic E-state index is 8.36. The van der Waals surface area contributed by atoms with Crippen molar-refractivity contribution in [3.63, 3.8) is 0 Å². The first-order valence-corrected chi connectivity index (χ1v) is 5.48. The number of rotatable bonds is 2. The van der Waals surface area contributed by atoms with Crippen molar-refractivity contribution < 1.29 is 19.4 Å². The first-order chi connectivity index (χ1) is 8.28. The molecule has 1 fully saturated rings. The van der Waals surface area contributed by atoms with Gasteiger partial charge in [0, 0.05) is 7.11 Å². The molecule has 0 aliphatic heterocycles. The van der Waals surface area contributed by atoms with Crippen LogP contribution in [0.15, 0.2) is 30.3 Å². The number of benzene rings is 1. The minimum Gasteiger partial charge on any atom is -0.497 e. The van der Waals surface area contributed by atoms with Crippen molar-refractivity contribution in [1.29, 1.82) is 0 Å². The van der Waals surface area contributed by atoms with Gasteiger partial charge < -0.3 is 14.6 Å². The van der Waals surface area contributed by atoms with Crippen molar-refractivity contribution in [2.75, 3.05) is 14.2 Å². The Morgan fingerprint density at radius 2 is 1.76 bits per heavy atom. The molecule has 4 nitrogen and oxygen atoms in total. The van der Waals surface area contributed by atoms with Crippen molar-refractivity contribution >= 4 is 6.47 Å². The normalized spacial score (nSPS) is 13.1. The van der Waals surface area contributed by atoms with Crippen molar-refractivity contribution in [1.82, 2.24) is 0 Å². The van der Waals surface area contributed by atoms with Gasteiger partial charge in [-0.1, -0.05) is 18.2 Å². The molecule has 96 valence electrons. The Morgan fingerprint density at radius 1 is 1.24 bits per heavy atom. The number of hydrogen-bond acceptors (Lipinski definition) is 3. The van der Waals surface area contributed by atoms with Gasteiger partial charge in [0.1, 0.15) is 5.75 Å². The highest BCUT2D eigenvalue weighted by atomic mass is 16.5. The molecule has 2 rings (SSSR count). The highest BCUT2D eigenvalue weighted by molar-refractivity contribution is 5.32. The number of carbonyl (C=O) groups is 1. The van der Waals surface area contributed by atoms with E-state index in [0.717, 1.165) is 5.75 Å². The number of para-hydroxylation sites is 1. The molecule has 1 aromatic rings. The van der Waals surface area contributed by atoms with Crippen LogP contribution in [0.4, 0.5) is 0 Å². The lowest BCUT2D eigenvalue weighted by atomic mass is 9.96. The van der Waals surface area contributed by atoms with E-state index < -0.39 is 0 Å². The average Bonchev–Trinajstić information content (AvgIpc) is 2.31. The number of carboxylic acid groups (broad SMARTS) is 1. The van der Waals surface area contributed by atoms with Gasteiger partial charge in [-0.15, -0.1) is 0 Å². The maximum Gasteiger partial charge on any atom is 0.290 e. The summed E-state index contributed by atoms with van der Waals surface area (Å²) in [5.41, 5.74) is 0. The lowest BCUT2D eigenvalue weighted by molar-refractivity contribution is -0.122. The predicted octanol–water partition coefficient (Wildman–Crippen LogP) is 2.58. The molecule has 1 aromatic carbocycles. The van der Waals surface area contributed by atoms with Gasteiger partial charge in [-0.3, -0.25) is 4.79 Å². The Balaban J connectivity index is 0.000000252. The Labute approximate surface area is 102 Å². The summed E-state index contributed by atoms with van der Waals surface area (Å²) < 4.78 is 9.90. The standard InChI is InChI=1S/C7H8O.C5H10O.CH2O2/c1-8-7-5-3-2-4-6-7;1-6-5-3-2-4-5;2-1-3/h2-6H,1H3;5H,2-4H2,1H3;1H,(H,2,3). The molecule has 0 amide bonds. The molecule has 0 atom stereocenters. The minimum atomic E-state index is -0.250. The van der Waals surface area contributed by atoms with Crippen LogP contribution in [0.25, 0.3) is 0 Å². The van der Waals surface area contributed by atoms with E-state index >= 15 is 0 Å². The Bertz CT molecular complexity index is 267. The minimum absolute atomic E-state index is 0.250. The van der Waals surface area contributed by atoms with E-state index in [4.69, 9.17) is 19.4 Å². The molecule has 0 spiro atoms. The molecule has 1 aliphatic rings. The lowest BCUT2D eigenvalue weighted by Crippen LogP contribution is -2.18. The third-order valence-electron chi connectivity index (χ3n) is 2.36. The second kappa shape index (κ2) is 11.0. The fraction of sp³-hybridized carbons (Fsp3) is 0.462. The maximum atomic E-state index is 8.36. The molecular weight excluding hydrogens is 220 g/mol. The monoisotopic (exact) mass is 240 g/mol. The van der Waals surface area contributed by atoms with Crippen LogP contribution in [-0.2, 0) is 9.53 Å². The molecule has 0 unspecified atom stereocenters. The Hall–Kier alpha value is -1.55. The van der Waals surface area contributed by atoms with E-state index in [-0.39, 0.29) is 6.47 Å². The third kappa shape index (κ3) is 8.28.